The molecule has 2 aliphatic rings. The summed E-state index contributed by atoms with van der Waals surface area (Å²) in [5.74, 6) is 1.72. The number of hydrogen-bond donors (Lipinski definition) is 0. The van der Waals surface area contributed by atoms with Crippen molar-refractivity contribution in [2.24, 2.45) is 17.8 Å². The molecule has 0 nitrogen and oxygen atoms in total. The second-order valence-corrected chi connectivity index (χ2v) is 14.3. The van der Waals surface area contributed by atoms with Crippen molar-refractivity contribution < 1.29 is 8.78 Å². The van der Waals surface area contributed by atoms with Gasteiger partial charge in [-0.25, -0.2) is 8.78 Å². The molecule has 3 rings (SSSR count). The van der Waals surface area contributed by atoms with Gasteiger partial charge >= 0.3 is 0 Å². The van der Waals surface area contributed by atoms with Gasteiger partial charge in [-0.05, 0) is 61.1 Å². The lowest BCUT2D eigenvalue weighted by molar-refractivity contribution is 0.184. The Balaban J connectivity index is 1.29. The minimum atomic E-state index is -0.714. The van der Waals surface area contributed by atoms with Crippen LogP contribution in [-0.4, -0.2) is 8.80 Å². The second kappa shape index (κ2) is 13.9. The minimum absolute atomic E-state index is 0.0483. The summed E-state index contributed by atoms with van der Waals surface area (Å²) >= 11 is 5.35. The molecule has 4 heteroatoms. The molecule has 0 unspecified atom stereocenters. The average Bonchev–Trinajstić information content (AvgIpc) is 2.82. The molecule has 0 radical (unpaired) electrons. The van der Waals surface area contributed by atoms with Gasteiger partial charge in [0.15, 0.2) is 0 Å². The molecule has 1 aromatic carbocycles. The van der Waals surface area contributed by atoms with E-state index in [9.17, 15) is 8.78 Å². The number of benzene rings is 1. The molecule has 32 heavy (non-hydrogen) atoms. The third-order valence-electron chi connectivity index (χ3n) is 8.38. The van der Waals surface area contributed by atoms with Crippen LogP contribution in [0.2, 0.25) is 18.1 Å². The van der Waals surface area contributed by atoms with E-state index in [-0.39, 0.29) is 14.4 Å². The molecule has 1 saturated heterocycles. The number of unbranched alkanes of at least 4 members (excludes halogenated alkanes) is 3. The third kappa shape index (κ3) is 7.97. The van der Waals surface area contributed by atoms with Crippen LogP contribution in [0.4, 0.5) is 8.78 Å². The fourth-order valence-corrected chi connectivity index (χ4v) is 9.96. The first-order valence-electron chi connectivity index (χ1n) is 13.3. The number of halogens is 3. The van der Waals surface area contributed by atoms with Crippen LogP contribution in [0.15, 0.2) is 23.7 Å². The molecular formula is C28H43ClF2Si. The predicted octanol–water partition coefficient (Wildman–Crippen LogP) is 9.68. The monoisotopic (exact) mass is 480 g/mol. The normalized spacial score (nSPS) is 26.9. The first-order valence-corrected chi connectivity index (χ1v) is 16.2. The quantitative estimate of drug-likeness (QED) is 0.218. The van der Waals surface area contributed by atoms with Crippen LogP contribution in [0.1, 0.15) is 95.1 Å². The summed E-state index contributed by atoms with van der Waals surface area (Å²) < 4.78 is 27.5. The summed E-state index contributed by atoms with van der Waals surface area (Å²) in [6.45, 7) is 2.32. The van der Waals surface area contributed by atoms with Crippen LogP contribution < -0.4 is 0 Å². The van der Waals surface area contributed by atoms with Crippen LogP contribution in [0.3, 0.4) is 0 Å². The first-order chi connectivity index (χ1) is 15.6. The van der Waals surface area contributed by atoms with Gasteiger partial charge in [-0.2, -0.15) is 0 Å². The van der Waals surface area contributed by atoms with E-state index >= 15 is 0 Å². The fraction of sp³-hybridized carbons (Fsp3) is 0.714. The van der Waals surface area contributed by atoms with Crippen molar-refractivity contribution in [2.45, 2.75) is 109 Å². The van der Waals surface area contributed by atoms with Crippen LogP contribution >= 0.6 is 11.6 Å². The number of aryl methyl sites for hydroxylation is 1. The summed E-state index contributed by atoms with van der Waals surface area (Å²) in [5, 5.41) is 0. The molecular weight excluding hydrogens is 438 g/mol. The Bertz CT molecular complexity index is 703. The average molecular weight is 481 g/mol. The number of hydrogen-bond acceptors (Lipinski definition) is 0. The van der Waals surface area contributed by atoms with Gasteiger partial charge in [-0.15, -0.1) is 0 Å². The molecule has 0 amide bonds. The highest BCUT2D eigenvalue weighted by Crippen LogP contribution is 2.42. The molecule has 1 saturated carbocycles. The van der Waals surface area contributed by atoms with Crippen molar-refractivity contribution in [1.29, 1.82) is 0 Å². The second-order valence-electron chi connectivity index (χ2n) is 10.6. The minimum Gasteiger partial charge on any atom is -0.206 e. The van der Waals surface area contributed by atoms with Gasteiger partial charge in [-0.3, -0.25) is 0 Å². The SMILES string of the molecule is CCCCC[Si@H]1CC[C@H]([C@H]2CC[C@H](CCCCc3ccc(C(F)=CCl)c(F)c3)CC2)CC1. The van der Waals surface area contributed by atoms with Crippen molar-refractivity contribution in [3.8, 4) is 0 Å². The Kier molecular flexibility index (Phi) is 11.3. The molecule has 1 aliphatic heterocycles. The van der Waals surface area contributed by atoms with E-state index in [2.05, 4.69) is 6.92 Å². The molecule has 2 fully saturated rings. The highest BCUT2D eigenvalue weighted by atomic mass is 35.5. The predicted molar refractivity (Wildman–Crippen MR) is 138 cm³/mol. The maximum atomic E-state index is 14.0. The summed E-state index contributed by atoms with van der Waals surface area (Å²) in [5.41, 5.74) is 1.69. The lowest BCUT2D eigenvalue weighted by Gasteiger charge is -2.37. The van der Waals surface area contributed by atoms with Crippen molar-refractivity contribution >= 4 is 26.2 Å². The topological polar surface area (TPSA) is 0 Å². The van der Waals surface area contributed by atoms with Gasteiger partial charge in [0.05, 0.1) is 0 Å². The Labute approximate surface area is 201 Å². The molecule has 1 heterocycles. The Hall–Kier alpha value is -0.673. The van der Waals surface area contributed by atoms with Crippen molar-refractivity contribution in [1.82, 2.24) is 0 Å². The van der Waals surface area contributed by atoms with Crippen molar-refractivity contribution in [2.75, 3.05) is 0 Å². The van der Waals surface area contributed by atoms with E-state index in [4.69, 9.17) is 11.6 Å². The molecule has 0 aromatic heterocycles. The van der Waals surface area contributed by atoms with E-state index in [1.807, 2.05) is 6.07 Å². The molecule has 0 bridgehead atoms. The van der Waals surface area contributed by atoms with Crippen LogP contribution in [0.5, 0.6) is 0 Å². The zero-order chi connectivity index (χ0) is 22.8. The smallest absolute Gasteiger partial charge is 0.144 e. The van der Waals surface area contributed by atoms with Gasteiger partial charge in [0, 0.05) is 19.9 Å². The van der Waals surface area contributed by atoms with E-state index in [1.54, 1.807) is 31.0 Å². The summed E-state index contributed by atoms with van der Waals surface area (Å²) in [7, 11) is -0.372. The van der Waals surface area contributed by atoms with E-state index < -0.39 is 11.6 Å². The fourth-order valence-electron chi connectivity index (χ4n) is 6.31. The first kappa shape index (κ1) is 25.9. The Morgan fingerprint density at radius 2 is 1.72 bits per heavy atom. The lowest BCUT2D eigenvalue weighted by atomic mass is 9.73. The van der Waals surface area contributed by atoms with Crippen molar-refractivity contribution in [3.63, 3.8) is 0 Å². The van der Waals surface area contributed by atoms with Crippen LogP contribution in [-0.2, 0) is 6.42 Å². The highest BCUT2D eigenvalue weighted by Gasteiger charge is 2.30. The van der Waals surface area contributed by atoms with Crippen molar-refractivity contribution in [3.05, 3.63) is 40.7 Å². The molecule has 0 atom stereocenters. The van der Waals surface area contributed by atoms with Crippen LogP contribution in [0.25, 0.3) is 5.83 Å². The lowest BCUT2D eigenvalue weighted by Crippen LogP contribution is -2.28. The van der Waals surface area contributed by atoms with Crippen LogP contribution in [0, 0.1) is 23.6 Å². The van der Waals surface area contributed by atoms with E-state index in [0.29, 0.717) is 0 Å². The summed E-state index contributed by atoms with van der Waals surface area (Å²) in [6.07, 6.45) is 17.7. The van der Waals surface area contributed by atoms with Gasteiger partial charge in [0.25, 0.3) is 0 Å². The molecule has 1 aliphatic carbocycles. The maximum Gasteiger partial charge on any atom is 0.144 e. The zero-order valence-corrected chi connectivity index (χ0v) is 22.0. The summed E-state index contributed by atoms with van der Waals surface area (Å²) in [4.78, 5) is 0. The highest BCUT2D eigenvalue weighted by molar-refractivity contribution is 6.58. The third-order valence-corrected chi connectivity index (χ3v) is 12.1. The molecule has 180 valence electrons. The maximum absolute atomic E-state index is 14.0. The van der Waals surface area contributed by atoms with E-state index in [0.717, 1.165) is 41.7 Å². The molecule has 0 N–H and O–H groups in total. The standard InChI is InChI=1S/C28H43ClF2Si/c1-2-3-6-17-32-18-15-25(16-19-32)24-12-9-22(10-13-24)7-4-5-8-23-11-14-26(27(30)20-23)28(31)21-29/h11,14,20-22,24-25,32H,2-10,12-13,15-19H2,1H3/t22-,24-,25-,32-. The molecule has 1 aromatic rings. The van der Waals surface area contributed by atoms with E-state index in [1.165, 1.54) is 69.9 Å². The summed E-state index contributed by atoms with van der Waals surface area (Å²) in [6, 6.07) is 9.66. The largest absolute Gasteiger partial charge is 0.206 e. The number of rotatable bonds is 11. The van der Waals surface area contributed by atoms with Gasteiger partial charge in [0.1, 0.15) is 11.6 Å². The zero-order valence-electron chi connectivity index (χ0n) is 20.1. The molecule has 0 spiro atoms. The van der Waals surface area contributed by atoms with Gasteiger partial charge in [-0.1, -0.05) is 101 Å². The Morgan fingerprint density at radius 3 is 2.38 bits per heavy atom. The Morgan fingerprint density at radius 1 is 1.00 bits per heavy atom. The van der Waals surface area contributed by atoms with Gasteiger partial charge < -0.3 is 0 Å². The van der Waals surface area contributed by atoms with Gasteiger partial charge in [0.2, 0.25) is 0 Å².